The molecule has 35 heavy (non-hydrogen) atoms. The summed E-state index contributed by atoms with van der Waals surface area (Å²) in [6, 6.07) is 15.1. The Balaban J connectivity index is 1.45. The molecular formula is C25H26N2O7S. The summed E-state index contributed by atoms with van der Waals surface area (Å²) in [5.74, 6) is -0.253. The Morgan fingerprint density at radius 3 is 2.60 bits per heavy atom. The fraction of sp³-hybridized carbons (Fsp3) is 0.280. The van der Waals surface area contributed by atoms with Crippen molar-refractivity contribution in [1.82, 2.24) is 10.2 Å². The molecule has 0 aliphatic carbocycles. The highest BCUT2D eigenvalue weighted by molar-refractivity contribution is 8.14. The number of rotatable bonds is 12. The number of imide groups is 1. The third kappa shape index (κ3) is 8.18. The number of nitrogens with zero attached hydrogens (tertiary/aromatic N) is 1. The summed E-state index contributed by atoms with van der Waals surface area (Å²) in [4.78, 5) is 47.9. The molecule has 0 bridgehead atoms. The fourth-order valence-corrected chi connectivity index (χ4v) is 3.81. The quantitative estimate of drug-likeness (QED) is 0.351. The number of benzene rings is 2. The molecule has 0 radical (unpaired) electrons. The number of carbonyl (C=O) groups is 4. The van der Waals surface area contributed by atoms with Gasteiger partial charge in [-0.3, -0.25) is 19.3 Å². The third-order valence-corrected chi connectivity index (χ3v) is 5.62. The molecular weight excluding hydrogens is 472 g/mol. The first kappa shape index (κ1) is 25.8. The Hall–Kier alpha value is -3.79. The van der Waals surface area contributed by atoms with Crippen LogP contribution in [0.25, 0.3) is 6.08 Å². The summed E-state index contributed by atoms with van der Waals surface area (Å²) in [5.41, 5.74) is 1.72. The summed E-state index contributed by atoms with van der Waals surface area (Å²) >= 11 is 0.929. The van der Waals surface area contributed by atoms with E-state index in [0.717, 1.165) is 22.2 Å². The minimum atomic E-state index is -0.691. The van der Waals surface area contributed by atoms with E-state index < -0.39 is 18.5 Å². The highest BCUT2D eigenvalue weighted by Crippen LogP contribution is 2.29. The van der Waals surface area contributed by atoms with E-state index >= 15 is 0 Å². The SMILES string of the molecule is CCOc1cc(C=CC(=O)OCC(=O)NCCN2C(=O)CSC2=O)ccc1OCc1ccccc1. The van der Waals surface area contributed by atoms with E-state index in [1.165, 1.54) is 6.08 Å². The van der Waals surface area contributed by atoms with Gasteiger partial charge in [-0.2, -0.15) is 0 Å². The molecule has 1 aliphatic heterocycles. The van der Waals surface area contributed by atoms with E-state index in [0.29, 0.717) is 30.3 Å². The number of thioether (sulfide) groups is 1. The molecule has 9 nitrogen and oxygen atoms in total. The minimum Gasteiger partial charge on any atom is -0.490 e. The highest BCUT2D eigenvalue weighted by Gasteiger charge is 2.29. The van der Waals surface area contributed by atoms with Gasteiger partial charge in [-0.15, -0.1) is 0 Å². The lowest BCUT2D eigenvalue weighted by Gasteiger charge is -2.13. The number of hydrogen-bond acceptors (Lipinski definition) is 8. The van der Waals surface area contributed by atoms with Crippen LogP contribution in [-0.2, 0) is 25.7 Å². The van der Waals surface area contributed by atoms with Crippen molar-refractivity contribution < 1.29 is 33.4 Å². The van der Waals surface area contributed by atoms with Crippen LogP contribution < -0.4 is 14.8 Å². The topological polar surface area (TPSA) is 111 Å². The normalized spacial score (nSPS) is 13.2. The van der Waals surface area contributed by atoms with Gasteiger partial charge in [0.2, 0.25) is 5.91 Å². The van der Waals surface area contributed by atoms with Crippen molar-refractivity contribution in [2.24, 2.45) is 0 Å². The molecule has 0 atom stereocenters. The summed E-state index contributed by atoms with van der Waals surface area (Å²) in [6.45, 7) is 2.40. The van der Waals surface area contributed by atoms with Crippen molar-refractivity contribution in [3.63, 3.8) is 0 Å². The van der Waals surface area contributed by atoms with Crippen molar-refractivity contribution in [2.75, 3.05) is 32.1 Å². The van der Waals surface area contributed by atoms with E-state index in [2.05, 4.69) is 5.32 Å². The zero-order valence-electron chi connectivity index (χ0n) is 19.2. The van der Waals surface area contributed by atoms with Gasteiger partial charge in [0, 0.05) is 19.2 Å². The first-order valence-corrected chi connectivity index (χ1v) is 12.0. The predicted octanol–water partition coefficient (Wildman–Crippen LogP) is 3.03. The van der Waals surface area contributed by atoms with Crippen LogP contribution in [0.1, 0.15) is 18.1 Å². The van der Waals surface area contributed by atoms with E-state index in [4.69, 9.17) is 14.2 Å². The zero-order valence-corrected chi connectivity index (χ0v) is 20.0. The average molecular weight is 499 g/mol. The number of carbonyl (C=O) groups excluding carboxylic acids is 4. The Morgan fingerprint density at radius 1 is 1.09 bits per heavy atom. The van der Waals surface area contributed by atoms with Gasteiger partial charge < -0.3 is 19.5 Å². The molecule has 1 N–H and O–H groups in total. The van der Waals surface area contributed by atoms with Crippen molar-refractivity contribution in [3.05, 3.63) is 65.7 Å². The lowest BCUT2D eigenvalue weighted by molar-refractivity contribution is -0.143. The number of esters is 1. The maximum absolute atomic E-state index is 12.0. The molecule has 1 heterocycles. The Morgan fingerprint density at radius 2 is 1.89 bits per heavy atom. The first-order valence-electron chi connectivity index (χ1n) is 11.0. The van der Waals surface area contributed by atoms with E-state index in [1.807, 2.05) is 37.3 Å². The second-order valence-corrected chi connectivity index (χ2v) is 8.23. The molecule has 1 fully saturated rings. The lowest BCUT2D eigenvalue weighted by atomic mass is 10.2. The van der Waals surface area contributed by atoms with Crippen molar-refractivity contribution in [2.45, 2.75) is 13.5 Å². The first-order chi connectivity index (χ1) is 17.0. The van der Waals surface area contributed by atoms with Crippen LogP contribution in [0.2, 0.25) is 0 Å². The molecule has 0 unspecified atom stereocenters. The van der Waals surface area contributed by atoms with Gasteiger partial charge in [0.1, 0.15) is 6.61 Å². The standard InChI is InChI=1S/C25H26N2O7S/c1-2-32-21-14-18(8-10-20(21)33-15-19-6-4-3-5-7-19)9-11-24(30)34-16-22(28)26-12-13-27-23(29)17-35-25(27)31/h3-11,14H,2,12-13,15-17H2,1H3,(H,26,28). The number of nitrogens with one attached hydrogen (secondary N) is 1. The molecule has 2 aromatic rings. The van der Waals surface area contributed by atoms with Gasteiger partial charge in [-0.25, -0.2) is 4.79 Å². The van der Waals surface area contributed by atoms with Crippen LogP contribution in [0, 0.1) is 0 Å². The van der Waals surface area contributed by atoms with Crippen LogP contribution in [0.3, 0.4) is 0 Å². The Kier molecular flexibility index (Phi) is 9.73. The second kappa shape index (κ2) is 13.2. The summed E-state index contributed by atoms with van der Waals surface area (Å²) in [5, 5.41) is 2.18. The van der Waals surface area contributed by atoms with Crippen LogP contribution in [-0.4, -0.2) is 60.0 Å². The fourth-order valence-electron chi connectivity index (χ4n) is 3.06. The van der Waals surface area contributed by atoms with Crippen LogP contribution in [0.5, 0.6) is 11.5 Å². The molecule has 184 valence electrons. The second-order valence-electron chi connectivity index (χ2n) is 7.30. The number of amides is 3. The smallest absolute Gasteiger partial charge is 0.331 e. The van der Waals surface area contributed by atoms with Gasteiger partial charge in [-0.1, -0.05) is 48.2 Å². The van der Waals surface area contributed by atoms with Gasteiger partial charge in [0.05, 0.1) is 12.4 Å². The predicted molar refractivity (Wildman–Crippen MR) is 131 cm³/mol. The van der Waals surface area contributed by atoms with Gasteiger partial charge >= 0.3 is 5.97 Å². The third-order valence-electron chi connectivity index (χ3n) is 4.76. The van der Waals surface area contributed by atoms with Crippen LogP contribution in [0.15, 0.2) is 54.6 Å². The Labute approximate surface area is 207 Å². The molecule has 0 spiro atoms. The molecule has 1 saturated heterocycles. The van der Waals surface area contributed by atoms with Crippen molar-refractivity contribution in [3.8, 4) is 11.5 Å². The molecule has 3 amide bonds. The highest BCUT2D eigenvalue weighted by atomic mass is 32.2. The summed E-state index contributed by atoms with van der Waals surface area (Å²) < 4.78 is 16.5. The maximum Gasteiger partial charge on any atom is 0.331 e. The Bertz CT molecular complexity index is 1070. The lowest BCUT2D eigenvalue weighted by Crippen LogP contribution is -2.38. The molecule has 10 heteroatoms. The molecule has 2 aromatic carbocycles. The van der Waals surface area contributed by atoms with E-state index in [-0.39, 0.29) is 30.0 Å². The summed E-state index contributed by atoms with van der Waals surface area (Å²) in [7, 11) is 0. The largest absolute Gasteiger partial charge is 0.490 e. The molecule has 3 rings (SSSR count). The van der Waals surface area contributed by atoms with E-state index in [1.54, 1.807) is 24.3 Å². The van der Waals surface area contributed by atoms with Crippen LogP contribution >= 0.6 is 11.8 Å². The van der Waals surface area contributed by atoms with Crippen molar-refractivity contribution in [1.29, 1.82) is 0 Å². The van der Waals surface area contributed by atoms with Crippen molar-refractivity contribution >= 4 is 40.9 Å². The maximum atomic E-state index is 12.0. The summed E-state index contributed by atoms with van der Waals surface area (Å²) in [6.07, 6.45) is 2.76. The van der Waals surface area contributed by atoms with E-state index in [9.17, 15) is 19.2 Å². The van der Waals surface area contributed by atoms with Crippen LogP contribution in [0.4, 0.5) is 4.79 Å². The zero-order chi connectivity index (χ0) is 25.0. The number of ether oxygens (including phenoxy) is 3. The average Bonchev–Trinajstić information content (AvgIpc) is 3.18. The molecule has 1 aliphatic rings. The van der Waals surface area contributed by atoms with Gasteiger partial charge in [0.25, 0.3) is 11.1 Å². The molecule has 0 aromatic heterocycles. The van der Waals surface area contributed by atoms with Gasteiger partial charge in [-0.05, 0) is 36.3 Å². The monoisotopic (exact) mass is 498 g/mol. The minimum absolute atomic E-state index is 0.0808. The van der Waals surface area contributed by atoms with Gasteiger partial charge in [0.15, 0.2) is 18.1 Å². The molecule has 0 saturated carbocycles. The number of hydrogen-bond donors (Lipinski definition) is 1.